The number of hydrogen-bond acceptors (Lipinski definition) is 4. The normalized spacial score (nSPS) is 16.1. The summed E-state index contributed by atoms with van der Waals surface area (Å²) in [5.41, 5.74) is 2.33. The second-order valence-electron chi connectivity index (χ2n) is 9.45. The molecule has 0 spiro atoms. The van der Waals surface area contributed by atoms with Crippen LogP contribution < -0.4 is 4.74 Å². The van der Waals surface area contributed by atoms with Gasteiger partial charge < -0.3 is 4.74 Å². The third kappa shape index (κ3) is 6.82. The fourth-order valence-corrected chi connectivity index (χ4v) is 4.96. The van der Waals surface area contributed by atoms with Crippen LogP contribution in [0, 0.1) is 5.92 Å². The summed E-state index contributed by atoms with van der Waals surface area (Å²) in [4.78, 5) is 9.90. The average Bonchev–Trinajstić information content (AvgIpc) is 2.87. The lowest BCUT2D eigenvalue weighted by Gasteiger charge is -2.40. The van der Waals surface area contributed by atoms with Crippen LogP contribution in [0.2, 0.25) is 5.02 Å². The number of likely N-dealkylation sites (tertiary alicyclic amines) is 1. The number of para-hydroxylation sites is 1. The van der Waals surface area contributed by atoms with Gasteiger partial charge in [0.25, 0.3) is 0 Å². The number of ether oxygens (including phenoxy) is 1. The van der Waals surface area contributed by atoms with Gasteiger partial charge in [-0.25, -0.2) is 0 Å². The fraction of sp³-hybridized carbons (Fsp3) is 0.414. The molecule has 1 fully saturated rings. The lowest BCUT2D eigenvalue weighted by atomic mass is 9.93. The number of halogens is 1. The zero-order valence-corrected chi connectivity index (χ0v) is 21.1. The molecule has 2 aromatic carbocycles. The number of pyridine rings is 1. The van der Waals surface area contributed by atoms with Crippen LogP contribution in [-0.2, 0) is 0 Å². The average molecular weight is 478 g/mol. The van der Waals surface area contributed by atoms with Gasteiger partial charge in [-0.15, -0.1) is 0 Å². The molecule has 1 aliphatic rings. The maximum Gasteiger partial charge on any atom is 0.119 e. The van der Waals surface area contributed by atoms with Crippen LogP contribution in [0.3, 0.4) is 0 Å². The lowest BCUT2D eigenvalue weighted by Crippen LogP contribution is -2.43. The van der Waals surface area contributed by atoms with Crippen LogP contribution in [0.25, 0.3) is 0 Å². The summed E-state index contributed by atoms with van der Waals surface area (Å²) >= 11 is 6.20. The predicted octanol–water partition coefficient (Wildman–Crippen LogP) is 6.33. The summed E-state index contributed by atoms with van der Waals surface area (Å²) in [7, 11) is 0. The third-order valence-electron chi connectivity index (χ3n) is 6.74. The summed E-state index contributed by atoms with van der Waals surface area (Å²) < 4.78 is 5.90. The van der Waals surface area contributed by atoms with Crippen molar-refractivity contribution >= 4 is 11.6 Å². The molecule has 0 saturated carbocycles. The highest BCUT2D eigenvalue weighted by molar-refractivity contribution is 6.30. The number of rotatable bonds is 10. The minimum atomic E-state index is 0.121. The minimum absolute atomic E-state index is 0.121. The monoisotopic (exact) mass is 477 g/mol. The molecule has 0 aliphatic carbocycles. The van der Waals surface area contributed by atoms with Gasteiger partial charge in [-0.3, -0.25) is 14.8 Å². The first-order valence-electron chi connectivity index (χ1n) is 12.4. The van der Waals surface area contributed by atoms with Crippen molar-refractivity contribution < 1.29 is 4.74 Å². The Labute approximate surface area is 209 Å². The Morgan fingerprint density at radius 3 is 2.32 bits per heavy atom. The van der Waals surface area contributed by atoms with Gasteiger partial charge in [0.2, 0.25) is 0 Å². The van der Waals surface area contributed by atoms with Crippen LogP contribution in [0.4, 0.5) is 0 Å². The second-order valence-corrected chi connectivity index (χ2v) is 9.88. The molecule has 3 aromatic rings. The van der Waals surface area contributed by atoms with Crippen LogP contribution in [-0.4, -0.2) is 53.6 Å². The quantitative estimate of drug-likeness (QED) is 0.341. The number of benzene rings is 2. The highest BCUT2D eigenvalue weighted by Crippen LogP contribution is 2.32. The van der Waals surface area contributed by atoms with Crippen molar-refractivity contribution in [2.24, 2.45) is 5.92 Å². The first kappa shape index (κ1) is 24.7. The van der Waals surface area contributed by atoms with E-state index >= 15 is 0 Å². The molecule has 0 radical (unpaired) electrons. The largest absolute Gasteiger partial charge is 0.492 e. The molecule has 180 valence electrons. The topological polar surface area (TPSA) is 28.6 Å². The smallest absolute Gasteiger partial charge is 0.119 e. The maximum atomic E-state index is 6.20. The van der Waals surface area contributed by atoms with Crippen LogP contribution in [0.15, 0.2) is 79.0 Å². The molecule has 4 rings (SSSR count). The number of nitrogens with zero attached hydrogens (tertiary/aromatic N) is 3. The van der Waals surface area contributed by atoms with E-state index in [0.717, 1.165) is 49.3 Å². The zero-order chi connectivity index (χ0) is 23.8. The minimum Gasteiger partial charge on any atom is -0.492 e. The Bertz CT molecular complexity index is 973. The number of hydrogen-bond donors (Lipinski definition) is 0. The molecular weight excluding hydrogens is 442 g/mol. The van der Waals surface area contributed by atoms with Crippen molar-refractivity contribution in [3.8, 4) is 5.75 Å². The molecule has 0 amide bonds. The van der Waals surface area contributed by atoms with E-state index in [1.165, 1.54) is 18.4 Å². The molecular formula is C29H36ClN3O. The Morgan fingerprint density at radius 2 is 1.68 bits per heavy atom. The summed E-state index contributed by atoms with van der Waals surface area (Å²) in [5, 5.41) is 0.767. The molecule has 1 atom stereocenters. The van der Waals surface area contributed by atoms with Gasteiger partial charge in [0.1, 0.15) is 12.4 Å². The van der Waals surface area contributed by atoms with Gasteiger partial charge in [0, 0.05) is 30.4 Å². The fourth-order valence-electron chi connectivity index (χ4n) is 4.83. The van der Waals surface area contributed by atoms with E-state index in [4.69, 9.17) is 21.3 Å². The highest BCUT2D eigenvalue weighted by atomic mass is 35.5. The number of piperidine rings is 1. The van der Waals surface area contributed by atoms with Crippen molar-refractivity contribution in [3.05, 3.63) is 95.3 Å². The van der Waals surface area contributed by atoms with Gasteiger partial charge in [-0.1, -0.05) is 48.0 Å². The molecule has 34 heavy (non-hydrogen) atoms. The van der Waals surface area contributed by atoms with Crippen molar-refractivity contribution in [2.75, 3.05) is 32.8 Å². The molecule has 0 N–H and O–H groups in total. The first-order chi connectivity index (χ1) is 16.6. The first-order valence-corrected chi connectivity index (χ1v) is 12.8. The summed E-state index contributed by atoms with van der Waals surface area (Å²) in [5.74, 6) is 1.62. The standard InChI is InChI=1S/C29H36ClN3O/c1-23(2)33(29(28-10-6-7-17-31-28)25-11-13-26(30)14-12-25)22-24-15-18-32(19-16-24)20-21-34-27-8-4-3-5-9-27/h3-14,17,23-24,29H,15-16,18-22H2,1-2H3/t29-/m1/s1. The van der Waals surface area contributed by atoms with Gasteiger partial charge in [0.15, 0.2) is 0 Å². The SMILES string of the molecule is CC(C)N(CC1CCN(CCOc2ccccc2)CC1)[C@H](c1ccc(Cl)cc1)c1ccccn1. The predicted molar refractivity (Wildman–Crippen MR) is 140 cm³/mol. The Morgan fingerprint density at radius 1 is 0.971 bits per heavy atom. The Hall–Kier alpha value is -2.40. The molecule has 0 unspecified atom stereocenters. The van der Waals surface area contributed by atoms with Crippen molar-refractivity contribution in [2.45, 2.75) is 38.8 Å². The van der Waals surface area contributed by atoms with E-state index in [2.05, 4.69) is 47.9 Å². The summed E-state index contributed by atoms with van der Waals surface area (Å²) in [6, 6.07) is 25.1. The van der Waals surface area contributed by atoms with Crippen LogP contribution in [0.5, 0.6) is 5.75 Å². The molecule has 1 saturated heterocycles. The van der Waals surface area contributed by atoms with Crippen LogP contribution in [0.1, 0.15) is 44.0 Å². The van der Waals surface area contributed by atoms with Gasteiger partial charge >= 0.3 is 0 Å². The van der Waals surface area contributed by atoms with E-state index in [9.17, 15) is 0 Å². The van der Waals surface area contributed by atoms with E-state index in [0.29, 0.717) is 12.0 Å². The zero-order valence-electron chi connectivity index (χ0n) is 20.3. The number of aromatic nitrogens is 1. The van der Waals surface area contributed by atoms with E-state index < -0.39 is 0 Å². The molecule has 1 aliphatic heterocycles. The third-order valence-corrected chi connectivity index (χ3v) is 7.00. The van der Waals surface area contributed by atoms with Gasteiger partial charge in [0.05, 0.1) is 11.7 Å². The van der Waals surface area contributed by atoms with Crippen molar-refractivity contribution in [1.82, 2.24) is 14.8 Å². The lowest BCUT2D eigenvalue weighted by molar-refractivity contribution is 0.0983. The van der Waals surface area contributed by atoms with Crippen molar-refractivity contribution in [3.63, 3.8) is 0 Å². The molecule has 5 heteroatoms. The second kappa shape index (κ2) is 12.3. The van der Waals surface area contributed by atoms with E-state index in [-0.39, 0.29) is 6.04 Å². The van der Waals surface area contributed by atoms with Crippen molar-refractivity contribution in [1.29, 1.82) is 0 Å². The van der Waals surface area contributed by atoms with Gasteiger partial charge in [-0.2, -0.15) is 0 Å². The molecule has 0 bridgehead atoms. The van der Waals surface area contributed by atoms with Gasteiger partial charge in [-0.05, 0) is 87.7 Å². The molecule has 2 heterocycles. The van der Waals surface area contributed by atoms with E-state index in [1.54, 1.807) is 0 Å². The van der Waals surface area contributed by atoms with E-state index in [1.807, 2.05) is 54.7 Å². The Kier molecular flexibility index (Phi) is 8.97. The van der Waals surface area contributed by atoms with Crippen LogP contribution >= 0.6 is 11.6 Å². The molecule has 4 nitrogen and oxygen atoms in total. The summed E-state index contributed by atoms with van der Waals surface area (Å²) in [6.45, 7) is 9.63. The molecule has 1 aromatic heterocycles. The Balaban J connectivity index is 1.37. The maximum absolute atomic E-state index is 6.20. The summed E-state index contributed by atoms with van der Waals surface area (Å²) in [6.07, 6.45) is 4.32. The highest BCUT2D eigenvalue weighted by Gasteiger charge is 2.29.